The number of likely N-dealkylation sites (tertiary alicyclic amines) is 1. The number of amides is 2. The highest BCUT2D eigenvalue weighted by Gasteiger charge is 2.36. The second-order valence-corrected chi connectivity index (χ2v) is 8.39. The predicted octanol–water partition coefficient (Wildman–Crippen LogP) is 1.69. The lowest BCUT2D eigenvalue weighted by Gasteiger charge is -2.39. The number of carbonyl (C=O) groups excluding carboxylic acids is 2. The second kappa shape index (κ2) is 10.0. The molecule has 170 valence electrons. The quantitative estimate of drug-likeness (QED) is 0.703. The summed E-state index contributed by atoms with van der Waals surface area (Å²) >= 11 is 0. The van der Waals surface area contributed by atoms with Crippen molar-refractivity contribution in [3.05, 3.63) is 54.4 Å². The SMILES string of the molecule is CN1CCN(C(=O)C[C@H]2CN(C(=O)c3cnccn3)CC[C@@H]2Oc2ccc(F)cc2)CC1. The molecule has 0 radical (unpaired) electrons. The molecule has 0 bridgehead atoms. The lowest BCUT2D eigenvalue weighted by atomic mass is 9.90. The zero-order valence-electron chi connectivity index (χ0n) is 18.2. The van der Waals surface area contributed by atoms with E-state index in [1.807, 2.05) is 11.9 Å². The van der Waals surface area contributed by atoms with Crippen LogP contribution >= 0.6 is 0 Å². The Hall–Kier alpha value is -3.07. The van der Waals surface area contributed by atoms with Crippen molar-refractivity contribution >= 4 is 11.8 Å². The molecule has 8 nitrogen and oxygen atoms in total. The van der Waals surface area contributed by atoms with Crippen molar-refractivity contribution in [2.45, 2.75) is 18.9 Å². The fourth-order valence-corrected chi connectivity index (χ4v) is 4.22. The van der Waals surface area contributed by atoms with E-state index in [1.165, 1.54) is 30.7 Å². The zero-order valence-corrected chi connectivity index (χ0v) is 18.2. The van der Waals surface area contributed by atoms with Gasteiger partial charge in [0.1, 0.15) is 23.4 Å². The number of ether oxygens (including phenoxy) is 1. The van der Waals surface area contributed by atoms with Crippen LogP contribution in [0.1, 0.15) is 23.3 Å². The monoisotopic (exact) mass is 441 g/mol. The molecule has 1 aromatic carbocycles. The number of hydrogen-bond acceptors (Lipinski definition) is 6. The number of piperidine rings is 1. The number of rotatable bonds is 5. The van der Waals surface area contributed by atoms with E-state index >= 15 is 0 Å². The number of hydrogen-bond donors (Lipinski definition) is 0. The van der Waals surface area contributed by atoms with Gasteiger partial charge >= 0.3 is 0 Å². The molecule has 2 aliphatic heterocycles. The average Bonchev–Trinajstić information content (AvgIpc) is 2.82. The highest BCUT2D eigenvalue weighted by Crippen LogP contribution is 2.27. The van der Waals surface area contributed by atoms with E-state index in [0.29, 0.717) is 44.8 Å². The van der Waals surface area contributed by atoms with Crippen LogP contribution in [0.3, 0.4) is 0 Å². The van der Waals surface area contributed by atoms with Crippen molar-refractivity contribution in [1.29, 1.82) is 0 Å². The van der Waals surface area contributed by atoms with Crippen LogP contribution in [0.5, 0.6) is 5.75 Å². The molecule has 4 rings (SSSR count). The molecule has 0 N–H and O–H groups in total. The fraction of sp³-hybridized carbons (Fsp3) is 0.478. The highest BCUT2D eigenvalue weighted by atomic mass is 19.1. The van der Waals surface area contributed by atoms with Gasteiger partial charge in [-0.2, -0.15) is 0 Å². The van der Waals surface area contributed by atoms with Gasteiger partial charge in [0.25, 0.3) is 5.91 Å². The highest BCUT2D eigenvalue weighted by molar-refractivity contribution is 5.92. The van der Waals surface area contributed by atoms with Crippen LogP contribution in [-0.4, -0.2) is 88.9 Å². The van der Waals surface area contributed by atoms with E-state index in [0.717, 1.165) is 13.1 Å². The summed E-state index contributed by atoms with van der Waals surface area (Å²) in [5.74, 6) is -0.0766. The minimum absolute atomic E-state index is 0.0737. The third kappa shape index (κ3) is 5.40. The van der Waals surface area contributed by atoms with E-state index in [9.17, 15) is 14.0 Å². The predicted molar refractivity (Wildman–Crippen MR) is 116 cm³/mol. The molecule has 2 fully saturated rings. The summed E-state index contributed by atoms with van der Waals surface area (Å²) in [7, 11) is 2.05. The van der Waals surface area contributed by atoms with Crippen LogP contribution in [0, 0.1) is 11.7 Å². The summed E-state index contributed by atoms with van der Waals surface area (Å²) in [5, 5.41) is 0. The van der Waals surface area contributed by atoms with Gasteiger partial charge < -0.3 is 19.4 Å². The molecule has 0 aliphatic carbocycles. The molecule has 3 heterocycles. The Balaban J connectivity index is 1.47. The van der Waals surface area contributed by atoms with Crippen LogP contribution < -0.4 is 4.74 Å². The summed E-state index contributed by atoms with van der Waals surface area (Å²) in [4.78, 5) is 39.9. The maximum absolute atomic E-state index is 13.3. The first kappa shape index (κ1) is 22.1. The van der Waals surface area contributed by atoms with Gasteiger partial charge in [-0.05, 0) is 31.3 Å². The number of benzene rings is 1. The Labute approximate surface area is 187 Å². The molecule has 2 amide bonds. The van der Waals surface area contributed by atoms with Crippen molar-refractivity contribution in [2.75, 3.05) is 46.3 Å². The average molecular weight is 442 g/mol. The van der Waals surface area contributed by atoms with E-state index in [1.54, 1.807) is 17.0 Å². The minimum atomic E-state index is -0.330. The molecule has 9 heteroatoms. The third-order valence-electron chi connectivity index (χ3n) is 6.13. The molecule has 0 spiro atoms. The van der Waals surface area contributed by atoms with Gasteiger partial charge in [0.2, 0.25) is 5.91 Å². The van der Waals surface area contributed by atoms with Crippen LogP contribution in [0.15, 0.2) is 42.9 Å². The van der Waals surface area contributed by atoms with Crippen LogP contribution in [0.4, 0.5) is 4.39 Å². The van der Waals surface area contributed by atoms with Gasteiger partial charge in [0, 0.05) is 70.4 Å². The van der Waals surface area contributed by atoms with Crippen molar-refractivity contribution in [3.63, 3.8) is 0 Å². The molecule has 1 aromatic heterocycles. The second-order valence-electron chi connectivity index (χ2n) is 8.39. The maximum atomic E-state index is 13.3. The first-order chi connectivity index (χ1) is 15.5. The smallest absolute Gasteiger partial charge is 0.274 e. The molecule has 32 heavy (non-hydrogen) atoms. The number of nitrogens with zero attached hydrogens (tertiary/aromatic N) is 5. The molecular weight excluding hydrogens is 413 g/mol. The van der Waals surface area contributed by atoms with Crippen LogP contribution in [-0.2, 0) is 4.79 Å². The van der Waals surface area contributed by atoms with Gasteiger partial charge in [-0.15, -0.1) is 0 Å². The van der Waals surface area contributed by atoms with Crippen LogP contribution in [0.25, 0.3) is 0 Å². The number of aromatic nitrogens is 2. The van der Waals surface area contributed by atoms with Crippen LogP contribution in [0.2, 0.25) is 0 Å². The zero-order chi connectivity index (χ0) is 22.5. The maximum Gasteiger partial charge on any atom is 0.274 e. The van der Waals surface area contributed by atoms with Crippen molar-refractivity contribution in [1.82, 2.24) is 24.7 Å². The topological polar surface area (TPSA) is 78.9 Å². The van der Waals surface area contributed by atoms with E-state index < -0.39 is 0 Å². The summed E-state index contributed by atoms with van der Waals surface area (Å²) < 4.78 is 19.4. The summed E-state index contributed by atoms with van der Waals surface area (Å²) in [6.45, 7) is 3.98. The Morgan fingerprint density at radius 2 is 1.81 bits per heavy atom. The molecule has 0 unspecified atom stereocenters. The third-order valence-corrected chi connectivity index (χ3v) is 6.13. The molecule has 0 saturated carbocycles. The summed E-state index contributed by atoms with van der Waals surface area (Å²) in [6.07, 6.45) is 5.09. The normalized spacial score (nSPS) is 21.9. The van der Waals surface area contributed by atoms with E-state index in [4.69, 9.17) is 4.74 Å². The summed E-state index contributed by atoms with van der Waals surface area (Å²) in [6, 6.07) is 5.89. The Kier molecular flexibility index (Phi) is 6.94. The molecule has 2 aromatic rings. The Morgan fingerprint density at radius 1 is 1.06 bits per heavy atom. The van der Waals surface area contributed by atoms with Crippen molar-refractivity contribution in [3.8, 4) is 5.75 Å². The summed E-state index contributed by atoms with van der Waals surface area (Å²) in [5.41, 5.74) is 0.287. The first-order valence-corrected chi connectivity index (χ1v) is 10.9. The van der Waals surface area contributed by atoms with E-state index in [2.05, 4.69) is 14.9 Å². The first-order valence-electron chi connectivity index (χ1n) is 10.9. The number of likely N-dealkylation sites (N-methyl/N-ethyl adjacent to an activating group) is 1. The lowest BCUT2D eigenvalue weighted by molar-refractivity contribution is -0.135. The largest absolute Gasteiger partial charge is 0.490 e. The van der Waals surface area contributed by atoms with Gasteiger partial charge in [0.05, 0.1) is 6.20 Å². The fourth-order valence-electron chi connectivity index (χ4n) is 4.22. The van der Waals surface area contributed by atoms with Gasteiger partial charge in [-0.25, -0.2) is 9.37 Å². The lowest BCUT2D eigenvalue weighted by Crippen LogP contribution is -2.51. The molecule has 2 atom stereocenters. The molecular formula is C23H28FN5O3. The number of halogens is 1. The van der Waals surface area contributed by atoms with Gasteiger partial charge in [0.15, 0.2) is 0 Å². The Bertz CT molecular complexity index is 919. The van der Waals surface area contributed by atoms with E-state index in [-0.39, 0.29) is 35.3 Å². The molecule has 2 saturated heterocycles. The number of piperazine rings is 1. The standard InChI is InChI=1S/C23H28FN5O3/c1-27-10-12-28(13-11-27)22(30)14-17-16-29(23(31)20-15-25-7-8-26-20)9-6-21(17)32-19-4-2-18(24)3-5-19/h2-5,7-8,15,17,21H,6,9-14,16H2,1H3/t17-,21-/m0/s1. The van der Waals surface area contributed by atoms with Crippen molar-refractivity contribution < 1.29 is 18.7 Å². The van der Waals surface area contributed by atoms with Gasteiger partial charge in [-0.3, -0.25) is 14.6 Å². The van der Waals surface area contributed by atoms with Crippen molar-refractivity contribution in [2.24, 2.45) is 5.92 Å². The van der Waals surface area contributed by atoms with Gasteiger partial charge in [-0.1, -0.05) is 0 Å². The Morgan fingerprint density at radius 3 is 2.50 bits per heavy atom. The minimum Gasteiger partial charge on any atom is -0.490 e. The molecule has 2 aliphatic rings. The number of carbonyl (C=O) groups is 2.